The maximum Gasteiger partial charge on any atom is 0.337 e. The van der Waals surface area contributed by atoms with Crippen LogP contribution in [0.3, 0.4) is 0 Å². The van der Waals surface area contributed by atoms with Crippen LogP contribution in [0.2, 0.25) is 0 Å². The molecule has 0 aliphatic heterocycles. The molecule has 1 heterocycles. The van der Waals surface area contributed by atoms with Crippen LogP contribution in [0.5, 0.6) is 0 Å². The van der Waals surface area contributed by atoms with Gasteiger partial charge in [-0.05, 0) is 37.1 Å². The van der Waals surface area contributed by atoms with E-state index >= 15 is 0 Å². The number of carbonyl (C=O) groups is 1. The minimum Gasteiger partial charge on any atom is -0.478 e. The zero-order valence-electron chi connectivity index (χ0n) is 10.4. The second kappa shape index (κ2) is 4.67. The molecule has 1 saturated carbocycles. The average molecular weight is 275 g/mol. The largest absolute Gasteiger partial charge is 0.478 e. The van der Waals surface area contributed by atoms with Crippen LogP contribution >= 0.6 is 0 Å². The predicted molar refractivity (Wildman–Crippen MR) is 68.5 cm³/mol. The van der Waals surface area contributed by atoms with Gasteiger partial charge in [0.1, 0.15) is 11.6 Å². The Kier molecular flexibility index (Phi) is 2.97. The van der Waals surface area contributed by atoms with Crippen LogP contribution in [0.15, 0.2) is 30.3 Å². The molecule has 0 spiro atoms. The first-order valence-corrected chi connectivity index (χ1v) is 6.25. The van der Waals surface area contributed by atoms with E-state index in [-0.39, 0.29) is 11.5 Å². The van der Waals surface area contributed by atoms with E-state index in [9.17, 15) is 13.6 Å². The summed E-state index contributed by atoms with van der Waals surface area (Å²) >= 11 is 0. The van der Waals surface area contributed by atoms with E-state index in [1.165, 1.54) is 24.3 Å². The first kappa shape index (κ1) is 12.7. The van der Waals surface area contributed by atoms with E-state index in [1.54, 1.807) is 0 Å². The number of rotatable bonds is 3. The Morgan fingerprint density at radius 3 is 2.35 bits per heavy atom. The van der Waals surface area contributed by atoms with E-state index in [0.717, 1.165) is 18.9 Å². The van der Waals surface area contributed by atoms with Gasteiger partial charge < -0.3 is 5.11 Å². The topological polar surface area (TPSA) is 50.2 Å². The van der Waals surface area contributed by atoms with Crippen LogP contribution < -0.4 is 0 Å². The number of aromatic nitrogens is 1. The fourth-order valence-electron chi connectivity index (χ4n) is 2.19. The van der Waals surface area contributed by atoms with Crippen LogP contribution in [0, 0.1) is 11.6 Å². The highest BCUT2D eigenvalue weighted by Gasteiger charge is 2.30. The van der Waals surface area contributed by atoms with Crippen molar-refractivity contribution in [2.45, 2.75) is 18.8 Å². The maximum atomic E-state index is 13.2. The summed E-state index contributed by atoms with van der Waals surface area (Å²) in [4.78, 5) is 15.4. The van der Waals surface area contributed by atoms with Crippen LogP contribution in [-0.2, 0) is 0 Å². The highest BCUT2D eigenvalue weighted by atomic mass is 19.1. The summed E-state index contributed by atoms with van der Waals surface area (Å²) in [5.41, 5.74) is 1.35. The molecule has 0 radical (unpaired) electrons. The van der Waals surface area contributed by atoms with E-state index in [2.05, 4.69) is 4.98 Å². The lowest BCUT2D eigenvalue weighted by molar-refractivity contribution is 0.0695. The molecule has 1 aromatic carbocycles. The third-order valence-corrected chi connectivity index (χ3v) is 3.28. The standard InChI is InChI=1S/C15H11F2NO2/c16-10-5-9(6-11(17)7-10)13-4-3-12(15(19)20)14(18-13)8-1-2-8/h3-8H,1-2H2,(H,19,20). The zero-order valence-corrected chi connectivity index (χ0v) is 10.4. The molecule has 0 saturated heterocycles. The van der Waals surface area contributed by atoms with Crippen LogP contribution in [0.4, 0.5) is 8.78 Å². The normalized spacial score (nSPS) is 14.3. The van der Waals surface area contributed by atoms with Gasteiger partial charge in [0.2, 0.25) is 0 Å². The summed E-state index contributed by atoms with van der Waals surface area (Å²) in [7, 11) is 0. The predicted octanol–water partition coefficient (Wildman–Crippen LogP) is 3.60. The summed E-state index contributed by atoms with van der Waals surface area (Å²) in [6.45, 7) is 0. The molecule has 1 aliphatic carbocycles. The lowest BCUT2D eigenvalue weighted by Gasteiger charge is -2.08. The Bertz CT molecular complexity index is 676. The smallest absolute Gasteiger partial charge is 0.337 e. The van der Waals surface area contributed by atoms with Crippen LogP contribution in [0.1, 0.15) is 34.8 Å². The number of carboxylic acid groups (broad SMARTS) is 1. The summed E-state index contributed by atoms with van der Waals surface area (Å²) in [5.74, 6) is -2.26. The third kappa shape index (κ3) is 2.39. The second-order valence-corrected chi connectivity index (χ2v) is 4.87. The van der Waals surface area contributed by atoms with Gasteiger partial charge in [-0.15, -0.1) is 0 Å². The van der Waals surface area contributed by atoms with Crippen molar-refractivity contribution in [3.8, 4) is 11.3 Å². The number of benzene rings is 1. The van der Waals surface area contributed by atoms with Crippen molar-refractivity contribution in [2.24, 2.45) is 0 Å². The SMILES string of the molecule is O=C(O)c1ccc(-c2cc(F)cc(F)c2)nc1C1CC1. The Morgan fingerprint density at radius 2 is 1.80 bits per heavy atom. The molecule has 0 bridgehead atoms. The van der Waals surface area contributed by atoms with Gasteiger partial charge in [0, 0.05) is 17.5 Å². The number of hydrogen-bond acceptors (Lipinski definition) is 2. The molecule has 102 valence electrons. The Balaban J connectivity index is 2.10. The summed E-state index contributed by atoms with van der Waals surface area (Å²) in [6.07, 6.45) is 1.79. The highest BCUT2D eigenvalue weighted by molar-refractivity contribution is 5.89. The molecule has 3 nitrogen and oxygen atoms in total. The molecule has 1 N–H and O–H groups in total. The summed E-state index contributed by atoms with van der Waals surface area (Å²) < 4.78 is 26.5. The van der Waals surface area contributed by atoms with Gasteiger partial charge in [0.25, 0.3) is 0 Å². The van der Waals surface area contributed by atoms with Crippen molar-refractivity contribution in [2.75, 3.05) is 0 Å². The molecule has 2 aromatic rings. The lowest BCUT2D eigenvalue weighted by Crippen LogP contribution is -2.04. The van der Waals surface area contributed by atoms with Gasteiger partial charge >= 0.3 is 5.97 Å². The van der Waals surface area contributed by atoms with E-state index in [0.29, 0.717) is 17.0 Å². The number of hydrogen-bond donors (Lipinski definition) is 1. The fraction of sp³-hybridized carbons (Fsp3) is 0.200. The van der Waals surface area contributed by atoms with Gasteiger partial charge in [-0.2, -0.15) is 0 Å². The molecular formula is C15H11F2NO2. The van der Waals surface area contributed by atoms with Gasteiger partial charge in [-0.1, -0.05) is 0 Å². The molecule has 0 unspecified atom stereocenters. The summed E-state index contributed by atoms with van der Waals surface area (Å²) in [5, 5.41) is 9.13. The molecule has 0 amide bonds. The average Bonchev–Trinajstić information content (AvgIpc) is 3.21. The van der Waals surface area contributed by atoms with Gasteiger partial charge in [-0.25, -0.2) is 13.6 Å². The van der Waals surface area contributed by atoms with Crippen LogP contribution in [-0.4, -0.2) is 16.1 Å². The highest BCUT2D eigenvalue weighted by Crippen LogP contribution is 2.41. The third-order valence-electron chi connectivity index (χ3n) is 3.28. The molecule has 20 heavy (non-hydrogen) atoms. The lowest BCUT2D eigenvalue weighted by atomic mass is 10.1. The molecule has 1 aliphatic rings. The van der Waals surface area contributed by atoms with Crippen molar-refractivity contribution in [3.05, 3.63) is 53.2 Å². The molecule has 5 heteroatoms. The number of pyridine rings is 1. The van der Waals surface area contributed by atoms with Crippen LogP contribution in [0.25, 0.3) is 11.3 Å². The monoisotopic (exact) mass is 275 g/mol. The number of nitrogens with zero attached hydrogens (tertiary/aromatic N) is 1. The number of halogens is 2. The van der Waals surface area contributed by atoms with Crippen molar-refractivity contribution in [1.82, 2.24) is 4.98 Å². The minimum atomic E-state index is -1.03. The molecule has 1 aromatic heterocycles. The van der Waals surface area contributed by atoms with Crippen molar-refractivity contribution in [1.29, 1.82) is 0 Å². The number of aromatic carboxylic acids is 1. The van der Waals surface area contributed by atoms with Crippen molar-refractivity contribution in [3.63, 3.8) is 0 Å². The molecule has 3 rings (SSSR count). The minimum absolute atomic E-state index is 0.138. The second-order valence-electron chi connectivity index (χ2n) is 4.87. The van der Waals surface area contributed by atoms with Crippen molar-refractivity contribution < 1.29 is 18.7 Å². The maximum absolute atomic E-state index is 13.2. The molecule has 1 fully saturated rings. The van der Waals surface area contributed by atoms with E-state index in [1.807, 2.05) is 0 Å². The Hall–Kier alpha value is -2.30. The van der Waals surface area contributed by atoms with Gasteiger partial charge in [0.05, 0.1) is 17.0 Å². The van der Waals surface area contributed by atoms with Crippen molar-refractivity contribution >= 4 is 5.97 Å². The van der Waals surface area contributed by atoms with E-state index < -0.39 is 17.6 Å². The molecule has 0 atom stereocenters. The van der Waals surface area contributed by atoms with Gasteiger partial charge in [0.15, 0.2) is 0 Å². The Morgan fingerprint density at radius 1 is 1.15 bits per heavy atom. The first-order chi connectivity index (χ1) is 9.54. The summed E-state index contributed by atoms with van der Waals surface area (Å²) in [6, 6.07) is 6.08. The number of carboxylic acids is 1. The Labute approximate surface area is 113 Å². The van der Waals surface area contributed by atoms with E-state index in [4.69, 9.17) is 5.11 Å². The first-order valence-electron chi connectivity index (χ1n) is 6.25. The quantitative estimate of drug-likeness (QED) is 0.931. The fourth-order valence-corrected chi connectivity index (χ4v) is 2.19. The van der Waals surface area contributed by atoms with Gasteiger partial charge in [-0.3, -0.25) is 4.98 Å². The zero-order chi connectivity index (χ0) is 14.3. The molecular weight excluding hydrogens is 264 g/mol.